The third kappa shape index (κ3) is 3.62. The van der Waals surface area contributed by atoms with Crippen LogP contribution in [0.25, 0.3) is 6.08 Å². The minimum atomic E-state index is -3.57. The Hall–Kier alpha value is -2.44. The smallest absolute Gasteiger partial charge is 0.236 e. The first-order valence-electron chi connectivity index (χ1n) is 9.61. The summed E-state index contributed by atoms with van der Waals surface area (Å²) < 4.78 is 27.2. The van der Waals surface area contributed by atoms with Crippen LogP contribution in [0.2, 0.25) is 0 Å². The van der Waals surface area contributed by atoms with Crippen molar-refractivity contribution in [2.45, 2.75) is 19.3 Å². The summed E-state index contributed by atoms with van der Waals surface area (Å²) in [5.74, 6) is 0.0469. The van der Waals surface area contributed by atoms with E-state index in [9.17, 15) is 13.2 Å². The average molecular weight is 397 g/mol. The van der Waals surface area contributed by atoms with Gasteiger partial charge in [0.05, 0.1) is 5.41 Å². The molecule has 0 radical (unpaired) electrons. The van der Waals surface area contributed by atoms with E-state index in [4.69, 9.17) is 0 Å². The Morgan fingerprint density at radius 1 is 0.893 bits per heavy atom. The highest BCUT2D eigenvalue weighted by atomic mass is 32.2. The Balaban J connectivity index is 1.53. The Bertz CT molecular complexity index is 973. The number of benzene rings is 2. The van der Waals surface area contributed by atoms with Crippen LogP contribution in [0.5, 0.6) is 0 Å². The van der Waals surface area contributed by atoms with Crippen LogP contribution >= 0.6 is 0 Å². The van der Waals surface area contributed by atoms with Crippen LogP contribution in [0.15, 0.2) is 66.1 Å². The summed E-state index contributed by atoms with van der Waals surface area (Å²) >= 11 is 0. The van der Waals surface area contributed by atoms with Crippen molar-refractivity contribution in [3.05, 3.63) is 71.6 Å². The highest BCUT2D eigenvalue weighted by molar-refractivity contribution is 7.92. The molecule has 0 aromatic heterocycles. The summed E-state index contributed by atoms with van der Waals surface area (Å²) in [7, 11) is -3.57. The molecule has 0 N–H and O–H groups in total. The number of amides is 1. The number of hydrogen-bond donors (Lipinski definition) is 0. The molecule has 146 valence electrons. The fourth-order valence-electron chi connectivity index (χ4n) is 4.17. The van der Waals surface area contributed by atoms with Crippen molar-refractivity contribution in [2.75, 3.05) is 24.5 Å². The lowest BCUT2D eigenvalue weighted by Gasteiger charge is -2.37. The summed E-state index contributed by atoms with van der Waals surface area (Å²) in [6.45, 7) is 1.36. The predicted molar refractivity (Wildman–Crippen MR) is 111 cm³/mol. The highest BCUT2D eigenvalue weighted by Gasteiger charge is 2.50. The summed E-state index contributed by atoms with van der Waals surface area (Å²) in [5, 5.41) is 1.26. The van der Waals surface area contributed by atoms with E-state index in [1.54, 1.807) is 11.0 Å². The van der Waals surface area contributed by atoms with E-state index in [-0.39, 0.29) is 12.5 Å². The second kappa shape index (κ2) is 7.53. The van der Waals surface area contributed by atoms with Gasteiger partial charge in [-0.25, -0.2) is 8.42 Å². The number of para-hydroxylation sites is 1. The molecule has 4 rings (SSSR count). The first-order valence-corrected chi connectivity index (χ1v) is 11.1. The standard InChI is InChI=1S/C22H24N2O3S/c25-21-22(14-16-24(21)20-10-5-2-6-11-20)13-7-15-23(18-22)28(26,27)17-12-19-8-3-1-4-9-19/h1-6,8-12,17H,7,13-16,18H2/b17-12+. The third-order valence-electron chi connectivity index (χ3n) is 5.71. The summed E-state index contributed by atoms with van der Waals surface area (Å²) in [4.78, 5) is 15.0. The zero-order chi connectivity index (χ0) is 19.6. The minimum absolute atomic E-state index is 0.0469. The zero-order valence-electron chi connectivity index (χ0n) is 15.7. The Labute approximate surface area is 166 Å². The number of piperidine rings is 1. The van der Waals surface area contributed by atoms with Crippen molar-refractivity contribution in [3.8, 4) is 0 Å². The normalized spacial score (nSPS) is 23.7. The molecule has 1 spiro atoms. The van der Waals surface area contributed by atoms with Crippen molar-refractivity contribution >= 4 is 27.7 Å². The van der Waals surface area contributed by atoms with Crippen LogP contribution in [0, 0.1) is 5.41 Å². The van der Waals surface area contributed by atoms with Crippen molar-refractivity contribution in [1.82, 2.24) is 4.31 Å². The molecule has 2 aliphatic rings. The van der Waals surface area contributed by atoms with E-state index in [0.717, 1.165) is 17.7 Å². The monoisotopic (exact) mass is 396 g/mol. The predicted octanol–water partition coefficient (Wildman–Crippen LogP) is 3.51. The van der Waals surface area contributed by atoms with Gasteiger partial charge in [-0.05, 0) is 43.0 Å². The van der Waals surface area contributed by atoms with E-state index in [1.807, 2.05) is 60.7 Å². The molecule has 0 saturated carbocycles. The second-order valence-corrected chi connectivity index (χ2v) is 9.34. The van der Waals surface area contributed by atoms with Gasteiger partial charge in [-0.1, -0.05) is 48.5 Å². The molecule has 0 aliphatic carbocycles. The topological polar surface area (TPSA) is 57.7 Å². The molecular weight excluding hydrogens is 372 g/mol. The summed E-state index contributed by atoms with van der Waals surface area (Å²) in [6, 6.07) is 19.0. The Morgan fingerprint density at radius 2 is 1.57 bits per heavy atom. The van der Waals surface area contributed by atoms with Gasteiger partial charge in [0.2, 0.25) is 15.9 Å². The number of carbonyl (C=O) groups is 1. The Kier molecular flexibility index (Phi) is 5.08. The lowest BCUT2D eigenvalue weighted by molar-refractivity contribution is -0.127. The molecule has 2 aromatic rings. The van der Waals surface area contributed by atoms with Crippen molar-refractivity contribution < 1.29 is 13.2 Å². The van der Waals surface area contributed by atoms with Crippen LogP contribution in [-0.4, -0.2) is 38.3 Å². The van der Waals surface area contributed by atoms with Gasteiger partial charge in [0.15, 0.2) is 0 Å². The second-order valence-electron chi connectivity index (χ2n) is 7.52. The van der Waals surface area contributed by atoms with Crippen LogP contribution in [0.4, 0.5) is 5.69 Å². The van der Waals surface area contributed by atoms with Gasteiger partial charge in [-0.15, -0.1) is 0 Å². The van der Waals surface area contributed by atoms with Crippen LogP contribution in [-0.2, 0) is 14.8 Å². The number of hydrogen-bond acceptors (Lipinski definition) is 3. The molecule has 2 saturated heterocycles. The minimum Gasteiger partial charge on any atom is -0.312 e. The largest absolute Gasteiger partial charge is 0.312 e. The van der Waals surface area contributed by atoms with Gasteiger partial charge in [-0.3, -0.25) is 4.79 Å². The molecule has 2 aliphatic heterocycles. The van der Waals surface area contributed by atoms with Crippen LogP contribution < -0.4 is 4.90 Å². The van der Waals surface area contributed by atoms with Crippen molar-refractivity contribution in [1.29, 1.82) is 0 Å². The lowest BCUT2D eigenvalue weighted by Crippen LogP contribution is -2.49. The molecule has 0 bridgehead atoms. The molecule has 1 unspecified atom stereocenters. The average Bonchev–Trinajstić information content (AvgIpc) is 3.04. The maximum atomic E-state index is 13.2. The van der Waals surface area contributed by atoms with Gasteiger partial charge in [-0.2, -0.15) is 4.31 Å². The molecule has 2 aromatic carbocycles. The quantitative estimate of drug-likeness (QED) is 0.795. The number of carbonyl (C=O) groups excluding carboxylic acids is 1. The number of sulfonamides is 1. The lowest BCUT2D eigenvalue weighted by atomic mass is 9.79. The van der Waals surface area contributed by atoms with Gasteiger partial charge in [0.25, 0.3) is 0 Å². The van der Waals surface area contributed by atoms with Gasteiger partial charge < -0.3 is 4.90 Å². The van der Waals surface area contributed by atoms with Gasteiger partial charge >= 0.3 is 0 Å². The number of rotatable bonds is 4. The fourth-order valence-corrected chi connectivity index (χ4v) is 5.49. The molecular formula is C22H24N2O3S. The van der Waals surface area contributed by atoms with E-state index in [1.165, 1.54) is 9.71 Å². The van der Waals surface area contributed by atoms with Gasteiger partial charge in [0, 0.05) is 30.7 Å². The van der Waals surface area contributed by atoms with Crippen LogP contribution in [0.3, 0.4) is 0 Å². The molecule has 1 atom stereocenters. The zero-order valence-corrected chi connectivity index (χ0v) is 16.5. The summed E-state index contributed by atoms with van der Waals surface area (Å²) in [6.07, 6.45) is 3.74. The first kappa shape index (κ1) is 18.9. The Morgan fingerprint density at radius 3 is 2.29 bits per heavy atom. The van der Waals surface area contributed by atoms with E-state index in [2.05, 4.69) is 0 Å². The summed E-state index contributed by atoms with van der Waals surface area (Å²) in [5.41, 5.74) is 1.11. The molecule has 5 nitrogen and oxygen atoms in total. The maximum absolute atomic E-state index is 13.2. The molecule has 1 amide bonds. The van der Waals surface area contributed by atoms with Crippen LogP contribution in [0.1, 0.15) is 24.8 Å². The molecule has 28 heavy (non-hydrogen) atoms. The van der Waals surface area contributed by atoms with Crippen molar-refractivity contribution in [2.24, 2.45) is 5.41 Å². The van der Waals surface area contributed by atoms with E-state index >= 15 is 0 Å². The fraction of sp³-hybridized carbons (Fsp3) is 0.318. The number of nitrogens with zero attached hydrogens (tertiary/aromatic N) is 2. The van der Waals surface area contributed by atoms with E-state index < -0.39 is 15.4 Å². The number of anilines is 1. The SMILES string of the molecule is O=C1N(c2ccccc2)CCC12CCCN(S(=O)(=O)/C=C/c1ccccc1)C2. The van der Waals surface area contributed by atoms with Gasteiger partial charge in [0.1, 0.15) is 0 Å². The van der Waals surface area contributed by atoms with E-state index in [0.29, 0.717) is 25.9 Å². The maximum Gasteiger partial charge on any atom is 0.236 e. The first-order chi connectivity index (χ1) is 13.5. The molecule has 2 fully saturated rings. The molecule has 6 heteroatoms. The third-order valence-corrected chi connectivity index (χ3v) is 7.23. The molecule has 2 heterocycles. The van der Waals surface area contributed by atoms with Crippen molar-refractivity contribution in [3.63, 3.8) is 0 Å². The highest BCUT2D eigenvalue weighted by Crippen LogP contribution is 2.42.